The number of hydrogen-bond donors (Lipinski definition) is 1. The van der Waals surface area contributed by atoms with Crippen LogP contribution in [0.5, 0.6) is 5.75 Å². The lowest BCUT2D eigenvalue weighted by atomic mass is 9.78. The van der Waals surface area contributed by atoms with Crippen molar-refractivity contribution in [1.82, 2.24) is 0 Å². The van der Waals surface area contributed by atoms with Crippen LogP contribution in [0.3, 0.4) is 0 Å². The van der Waals surface area contributed by atoms with Gasteiger partial charge in [0.2, 0.25) is 0 Å². The van der Waals surface area contributed by atoms with Gasteiger partial charge in [0.15, 0.2) is 0 Å². The van der Waals surface area contributed by atoms with Crippen molar-refractivity contribution in [3.05, 3.63) is 64.7 Å². The smallest absolute Gasteiger partial charge is 0.119 e. The Morgan fingerprint density at radius 1 is 1.11 bits per heavy atom. The van der Waals surface area contributed by atoms with E-state index in [2.05, 4.69) is 36.4 Å². The maximum atomic E-state index is 5.97. The topological polar surface area (TPSA) is 35.2 Å². The lowest BCUT2D eigenvalue weighted by Crippen LogP contribution is -2.20. The second kappa shape index (κ2) is 4.46. The average molecular weight is 239 g/mol. The Bertz CT molecular complexity index is 577. The van der Waals surface area contributed by atoms with Gasteiger partial charge in [-0.05, 0) is 40.8 Å². The van der Waals surface area contributed by atoms with E-state index in [1.165, 1.54) is 22.3 Å². The Morgan fingerprint density at radius 2 is 1.89 bits per heavy atom. The van der Waals surface area contributed by atoms with Gasteiger partial charge in [0.25, 0.3) is 0 Å². The lowest BCUT2D eigenvalue weighted by Gasteiger charge is -2.27. The molecule has 1 atom stereocenters. The molecule has 2 aromatic rings. The van der Waals surface area contributed by atoms with Gasteiger partial charge >= 0.3 is 0 Å². The zero-order valence-corrected chi connectivity index (χ0v) is 10.5. The number of rotatable bonds is 2. The maximum Gasteiger partial charge on any atom is 0.119 e. The molecule has 0 saturated carbocycles. The fourth-order valence-corrected chi connectivity index (χ4v) is 2.86. The van der Waals surface area contributed by atoms with Crippen LogP contribution < -0.4 is 10.5 Å². The van der Waals surface area contributed by atoms with Gasteiger partial charge in [-0.25, -0.2) is 0 Å². The van der Waals surface area contributed by atoms with Crippen molar-refractivity contribution in [3.63, 3.8) is 0 Å². The minimum absolute atomic E-state index is 0.316. The van der Waals surface area contributed by atoms with Gasteiger partial charge in [0.1, 0.15) is 5.75 Å². The molecule has 0 saturated heterocycles. The maximum absolute atomic E-state index is 5.97. The normalized spacial score (nSPS) is 16.9. The molecule has 1 aliphatic carbocycles. The molecule has 1 unspecified atom stereocenters. The van der Waals surface area contributed by atoms with Crippen LogP contribution in [-0.2, 0) is 6.42 Å². The van der Waals surface area contributed by atoms with E-state index in [1.54, 1.807) is 7.11 Å². The van der Waals surface area contributed by atoms with E-state index in [4.69, 9.17) is 10.5 Å². The Balaban J connectivity index is 2.14. The summed E-state index contributed by atoms with van der Waals surface area (Å²) in [7, 11) is 1.71. The number of ether oxygens (including phenoxy) is 1. The molecule has 2 nitrogen and oxygen atoms in total. The van der Waals surface area contributed by atoms with Gasteiger partial charge in [-0.1, -0.05) is 30.3 Å². The number of methoxy groups -OCH3 is 1. The second-order valence-electron chi connectivity index (χ2n) is 4.73. The molecule has 0 fully saturated rings. The number of fused-ring (bicyclic) bond motifs is 2. The summed E-state index contributed by atoms with van der Waals surface area (Å²) in [6, 6.07) is 14.9. The van der Waals surface area contributed by atoms with E-state index in [9.17, 15) is 0 Å². The van der Waals surface area contributed by atoms with Crippen LogP contribution in [-0.4, -0.2) is 13.7 Å². The molecule has 2 aromatic carbocycles. The molecule has 2 heteroatoms. The minimum atomic E-state index is 0.316. The summed E-state index contributed by atoms with van der Waals surface area (Å²) in [5.41, 5.74) is 11.4. The van der Waals surface area contributed by atoms with Crippen molar-refractivity contribution >= 4 is 0 Å². The Labute approximate surface area is 107 Å². The lowest BCUT2D eigenvalue weighted by molar-refractivity contribution is 0.414. The number of benzene rings is 2. The van der Waals surface area contributed by atoms with Crippen LogP contribution in [0.2, 0.25) is 0 Å². The molecular weight excluding hydrogens is 222 g/mol. The summed E-state index contributed by atoms with van der Waals surface area (Å²) < 4.78 is 5.31. The highest BCUT2D eigenvalue weighted by atomic mass is 16.5. The first-order valence-corrected chi connectivity index (χ1v) is 6.28. The molecule has 0 spiro atoms. The highest BCUT2D eigenvalue weighted by molar-refractivity contribution is 5.51. The zero-order chi connectivity index (χ0) is 12.5. The number of nitrogens with two attached hydrogens (primary N) is 1. The van der Waals surface area contributed by atoms with Crippen LogP contribution in [0.1, 0.15) is 28.2 Å². The highest BCUT2D eigenvalue weighted by Gasteiger charge is 2.24. The molecule has 0 radical (unpaired) electrons. The van der Waals surface area contributed by atoms with E-state index in [0.717, 1.165) is 12.2 Å². The van der Waals surface area contributed by atoms with E-state index < -0.39 is 0 Å². The molecule has 0 aliphatic heterocycles. The van der Waals surface area contributed by atoms with E-state index >= 15 is 0 Å². The molecule has 0 bridgehead atoms. The minimum Gasteiger partial charge on any atom is -0.497 e. The second-order valence-corrected chi connectivity index (χ2v) is 4.73. The van der Waals surface area contributed by atoms with Crippen molar-refractivity contribution < 1.29 is 4.74 Å². The highest BCUT2D eigenvalue weighted by Crippen LogP contribution is 2.37. The molecular formula is C16H17NO. The van der Waals surface area contributed by atoms with Crippen LogP contribution in [0.4, 0.5) is 0 Å². The molecule has 0 aromatic heterocycles. The van der Waals surface area contributed by atoms with Crippen molar-refractivity contribution in [2.24, 2.45) is 5.73 Å². The summed E-state index contributed by atoms with van der Waals surface area (Å²) >= 11 is 0. The molecule has 0 heterocycles. The predicted octanol–water partition coefficient (Wildman–Crippen LogP) is 2.69. The van der Waals surface area contributed by atoms with Gasteiger partial charge in [-0.2, -0.15) is 0 Å². The van der Waals surface area contributed by atoms with Crippen molar-refractivity contribution in [1.29, 1.82) is 0 Å². The predicted molar refractivity (Wildman–Crippen MR) is 73.1 cm³/mol. The Kier molecular flexibility index (Phi) is 2.80. The third-order valence-corrected chi connectivity index (χ3v) is 3.77. The van der Waals surface area contributed by atoms with Gasteiger partial charge < -0.3 is 10.5 Å². The molecule has 18 heavy (non-hydrogen) atoms. The fraction of sp³-hybridized carbons (Fsp3) is 0.250. The van der Waals surface area contributed by atoms with Crippen molar-refractivity contribution in [3.8, 4) is 5.75 Å². The molecule has 0 amide bonds. The van der Waals surface area contributed by atoms with Crippen molar-refractivity contribution in [2.45, 2.75) is 12.3 Å². The van der Waals surface area contributed by atoms with Gasteiger partial charge in [-0.15, -0.1) is 0 Å². The average Bonchev–Trinajstić information content (AvgIpc) is 2.44. The van der Waals surface area contributed by atoms with E-state index in [0.29, 0.717) is 12.5 Å². The summed E-state index contributed by atoms with van der Waals surface area (Å²) in [4.78, 5) is 0. The molecule has 3 rings (SSSR count). The Hall–Kier alpha value is -1.80. The van der Waals surface area contributed by atoms with E-state index in [1.807, 2.05) is 6.07 Å². The first-order valence-electron chi connectivity index (χ1n) is 6.28. The summed E-state index contributed by atoms with van der Waals surface area (Å²) in [6.07, 6.45) is 0.971. The van der Waals surface area contributed by atoms with Gasteiger partial charge in [0, 0.05) is 12.5 Å². The van der Waals surface area contributed by atoms with Crippen LogP contribution in [0.15, 0.2) is 42.5 Å². The van der Waals surface area contributed by atoms with Gasteiger partial charge in [0.05, 0.1) is 7.11 Å². The molecule has 1 aliphatic rings. The Morgan fingerprint density at radius 3 is 2.67 bits per heavy atom. The standard InChI is InChI=1S/C16H17NO/c1-18-13-6-7-15-12(9-13)8-11-4-2-3-5-14(11)16(15)10-17/h2-7,9,16H,8,10,17H2,1H3. The summed E-state index contributed by atoms with van der Waals surface area (Å²) in [6.45, 7) is 0.649. The van der Waals surface area contributed by atoms with Gasteiger partial charge in [-0.3, -0.25) is 0 Å². The van der Waals surface area contributed by atoms with Crippen molar-refractivity contribution in [2.75, 3.05) is 13.7 Å². The van der Waals surface area contributed by atoms with Crippen LogP contribution >= 0.6 is 0 Å². The monoisotopic (exact) mass is 239 g/mol. The molecule has 92 valence electrons. The van der Waals surface area contributed by atoms with Crippen LogP contribution in [0.25, 0.3) is 0 Å². The fourth-order valence-electron chi connectivity index (χ4n) is 2.86. The first kappa shape index (κ1) is 11.3. The number of hydrogen-bond acceptors (Lipinski definition) is 2. The zero-order valence-electron chi connectivity index (χ0n) is 10.5. The van der Waals surface area contributed by atoms with E-state index in [-0.39, 0.29) is 0 Å². The van der Waals surface area contributed by atoms with Crippen LogP contribution in [0, 0.1) is 0 Å². The largest absolute Gasteiger partial charge is 0.497 e. The quantitative estimate of drug-likeness (QED) is 0.874. The first-order chi connectivity index (χ1) is 8.83. The third kappa shape index (κ3) is 1.70. The third-order valence-electron chi connectivity index (χ3n) is 3.77. The molecule has 2 N–H and O–H groups in total. The summed E-state index contributed by atoms with van der Waals surface area (Å²) in [5, 5.41) is 0. The SMILES string of the molecule is COc1ccc2c(c1)Cc1ccccc1C2CN. The summed E-state index contributed by atoms with van der Waals surface area (Å²) in [5.74, 6) is 1.24.